The third-order valence-corrected chi connectivity index (χ3v) is 6.34. The molecule has 0 spiro atoms. The van der Waals surface area contributed by atoms with Crippen LogP contribution in [-0.2, 0) is 0 Å². The summed E-state index contributed by atoms with van der Waals surface area (Å²) in [6.45, 7) is 12.8. The fraction of sp³-hybridized carbons (Fsp3) is 0.346. The van der Waals surface area contributed by atoms with Gasteiger partial charge in [-0.3, -0.25) is 10.00 Å². The molecule has 10 heteroatoms. The monoisotopic (exact) mass is 508 g/mol. The van der Waals surface area contributed by atoms with Crippen LogP contribution in [0, 0.1) is 0 Å². The predicted molar refractivity (Wildman–Crippen MR) is 149 cm³/mol. The van der Waals surface area contributed by atoms with Crippen molar-refractivity contribution in [3.05, 3.63) is 59.2 Å². The van der Waals surface area contributed by atoms with Crippen molar-refractivity contribution in [2.24, 2.45) is 9.98 Å². The number of piperazine rings is 1. The fourth-order valence-corrected chi connectivity index (χ4v) is 4.43. The molecule has 1 aliphatic heterocycles. The normalized spacial score (nSPS) is 15.7. The highest BCUT2D eigenvalue weighted by Gasteiger charge is 2.19. The molecule has 1 fully saturated rings. The molecule has 0 bridgehead atoms. The lowest BCUT2D eigenvalue weighted by atomic mass is 10.2. The van der Waals surface area contributed by atoms with E-state index in [4.69, 9.17) is 21.3 Å². The average molecular weight is 509 g/mol. The molecule has 1 aromatic carbocycles. The van der Waals surface area contributed by atoms with Gasteiger partial charge in [-0.2, -0.15) is 5.10 Å². The Bertz CT molecular complexity index is 1250. The van der Waals surface area contributed by atoms with Gasteiger partial charge >= 0.3 is 0 Å². The van der Waals surface area contributed by atoms with Gasteiger partial charge in [-0.1, -0.05) is 24.6 Å². The Morgan fingerprint density at radius 1 is 1.28 bits per heavy atom. The fourth-order valence-electron chi connectivity index (χ4n) is 4.15. The van der Waals surface area contributed by atoms with Gasteiger partial charge in [0.05, 0.1) is 10.7 Å². The molecule has 4 rings (SSSR count). The smallest absolute Gasteiger partial charge is 0.181 e. The number of nitrogens with one attached hydrogen (secondary N) is 3. The van der Waals surface area contributed by atoms with Crippen LogP contribution >= 0.6 is 11.6 Å². The topological polar surface area (TPSA) is 96.9 Å². The Morgan fingerprint density at radius 2 is 2.11 bits per heavy atom. The van der Waals surface area contributed by atoms with E-state index in [1.807, 2.05) is 55.6 Å². The summed E-state index contributed by atoms with van der Waals surface area (Å²) >= 11 is 6.54. The summed E-state index contributed by atoms with van der Waals surface area (Å²) in [7, 11) is 0. The van der Waals surface area contributed by atoms with Crippen molar-refractivity contribution in [3.8, 4) is 5.75 Å². The van der Waals surface area contributed by atoms with Crippen molar-refractivity contribution >= 4 is 47.0 Å². The number of hydrogen-bond donors (Lipinski definition) is 3. The van der Waals surface area contributed by atoms with Gasteiger partial charge < -0.3 is 19.9 Å². The third-order valence-electron chi connectivity index (χ3n) is 5.95. The molecular weight excluding hydrogens is 476 g/mol. The lowest BCUT2D eigenvalue weighted by Gasteiger charge is -2.35. The van der Waals surface area contributed by atoms with Crippen LogP contribution in [0.5, 0.6) is 5.75 Å². The summed E-state index contributed by atoms with van der Waals surface area (Å²) < 4.78 is 5.97. The van der Waals surface area contributed by atoms with E-state index < -0.39 is 0 Å². The van der Waals surface area contributed by atoms with Crippen LogP contribution in [0.4, 0.5) is 5.82 Å². The maximum Gasteiger partial charge on any atom is 0.181 e. The maximum atomic E-state index is 6.54. The second-order valence-electron chi connectivity index (χ2n) is 8.46. The van der Waals surface area contributed by atoms with Crippen molar-refractivity contribution in [1.82, 2.24) is 25.0 Å². The highest BCUT2D eigenvalue weighted by molar-refractivity contribution is 6.36. The van der Waals surface area contributed by atoms with Crippen molar-refractivity contribution < 1.29 is 4.74 Å². The number of aromatic nitrogens is 3. The van der Waals surface area contributed by atoms with Gasteiger partial charge in [-0.15, -0.1) is 0 Å². The number of benzene rings is 1. The van der Waals surface area contributed by atoms with E-state index >= 15 is 0 Å². The van der Waals surface area contributed by atoms with Crippen LogP contribution in [0.15, 0.2) is 58.4 Å². The van der Waals surface area contributed by atoms with Gasteiger partial charge in [0, 0.05) is 55.4 Å². The maximum absolute atomic E-state index is 6.54. The Hall–Kier alpha value is -3.56. The van der Waals surface area contributed by atoms with E-state index in [-0.39, 0.29) is 6.73 Å². The number of amidine groups is 1. The molecule has 190 valence electrons. The first-order valence-corrected chi connectivity index (χ1v) is 12.5. The lowest BCUT2D eigenvalue weighted by molar-refractivity contribution is 0.182. The lowest BCUT2D eigenvalue weighted by Crippen LogP contribution is -2.48. The number of aliphatic imine (C=N–C) groups is 2. The Kier molecular flexibility index (Phi) is 8.80. The van der Waals surface area contributed by atoms with Crippen molar-refractivity contribution in [1.29, 1.82) is 0 Å². The molecule has 0 aliphatic carbocycles. The number of aromatic amines is 2. The van der Waals surface area contributed by atoms with Gasteiger partial charge in [0.1, 0.15) is 17.4 Å². The molecule has 3 N–H and O–H groups in total. The number of halogens is 1. The van der Waals surface area contributed by atoms with Crippen molar-refractivity contribution in [3.63, 3.8) is 0 Å². The summed E-state index contributed by atoms with van der Waals surface area (Å²) in [4.78, 5) is 16.8. The van der Waals surface area contributed by atoms with E-state index in [0.717, 1.165) is 61.6 Å². The number of nitrogens with zero attached hydrogens (tertiary/aromatic N) is 5. The highest BCUT2D eigenvalue weighted by atomic mass is 35.5. The first-order chi connectivity index (χ1) is 17.6. The molecule has 0 amide bonds. The summed E-state index contributed by atoms with van der Waals surface area (Å²) in [5.41, 5.74) is 1.86. The van der Waals surface area contributed by atoms with E-state index in [0.29, 0.717) is 22.4 Å². The van der Waals surface area contributed by atoms with Crippen LogP contribution in [0.3, 0.4) is 0 Å². The zero-order valence-electron chi connectivity index (χ0n) is 20.8. The number of ether oxygens (including phenoxy) is 1. The number of rotatable bonds is 10. The summed E-state index contributed by atoms with van der Waals surface area (Å²) in [5, 5.41) is 12.0. The van der Waals surface area contributed by atoms with Crippen LogP contribution in [0.1, 0.15) is 26.0 Å². The Balaban J connectivity index is 1.52. The molecule has 0 saturated carbocycles. The number of hydrogen-bond acceptors (Lipinski definition) is 6. The average Bonchev–Trinajstić information content (AvgIpc) is 3.55. The van der Waals surface area contributed by atoms with Crippen molar-refractivity contribution in [2.45, 2.75) is 20.3 Å². The highest BCUT2D eigenvalue weighted by Crippen LogP contribution is 2.32. The van der Waals surface area contributed by atoms with Crippen LogP contribution < -0.4 is 10.1 Å². The molecule has 0 radical (unpaired) electrons. The molecule has 2 aromatic heterocycles. The van der Waals surface area contributed by atoms with Crippen LogP contribution in [0.25, 0.3) is 17.0 Å². The summed E-state index contributed by atoms with van der Waals surface area (Å²) in [5.74, 6) is 2.56. The second-order valence-corrected chi connectivity index (χ2v) is 8.83. The van der Waals surface area contributed by atoms with E-state index in [1.54, 1.807) is 0 Å². The zero-order chi connectivity index (χ0) is 25.3. The standard InChI is InChI=1S/C26H33ClN8O/c1-4-6-19-16-24(33-32-19)31-23(28-3)17-25(35-14-12-34(11-5-2)13-15-35)30-18-36-22-8-7-21-20(26(22)27)9-10-29-21/h4,6-10,16-17,29H,3,5,11-15,18H2,1-2H3,(H2,31,32,33)/b6-4+,23-17+,30-25+. The first kappa shape index (κ1) is 25.5. The molecule has 36 heavy (non-hydrogen) atoms. The van der Waals surface area contributed by atoms with Gasteiger partial charge in [-0.25, -0.2) is 9.98 Å². The minimum absolute atomic E-state index is 0.120. The number of anilines is 1. The van der Waals surface area contributed by atoms with Gasteiger partial charge in [-0.05, 0) is 50.9 Å². The molecule has 9 nitrogen and oxygen atoms in total. The number of allylic oxidation sites excluding steroid dienone is 1. The SMILES string of the molecule is C=N/C(=C\C(=N/COc1ccc2[nH]ccc2c1Cl)N1CCN(CCC)CC1)Nc1cc(/C=C/C)[nH]n1. The minimum atomic E-state index is 0.120. The summed E-state index contributed by atoms with van der Waals surface area (Å²) in [6.07, 6.45) is 8.78. The van der Waals surface area contributed by atoms with E-state index in [9.17, 15) is 0 Å². The van der Waals surface area contributed by atoms with Gasteiger partial charge in [0.15, 0.2) is 12.5 Å². The second kappa shape index (κ2) is 12.4. The molecule has 1 aliphatic rings. The van der Waals surface area contributed by atoms with Gasteiger partial charge in [0.25, 0.3) is 0 Å². The van der Waals surface area contributed by atoms with E-state index in [1.165, 1.54) is 0 Å². The number of fused-ring (bicyclic) bond motifs is 1. The predicted octanol–water partition coefficient (Wildman–Crippen LogP) is 4.99. The first-order valence-electron chi connectivity index (χ1n) is 12.1. The van der Waals surface area contributed by atoms with Gasteiger partial charge in [0.2, 0.25) is 0 Å². The largest absolute Gasteiger partial charge is 0.470 e. The van der Waals surface area contributed by atoms with Crippen LogP contribution in [-0.4, -0.2) is 77.0 Å². The Morgan fingerprint density at radius 3 is 2.86 bits per heavy atom. The number of H-pyrrole nitrogens is 2. The molecule has 0 unspecified atom stereocenters. The minimum Gasteiger partial charge on any atom is -0.470 e. The molecule has 1 saturated heterocycles. The molecule has 0 atom stereocenters. The molecule has 3 heterocycles. The third kappa shape index (κ3) is 6.35. The quantitative estimate of drug-likeness (QED) is 0.265. The van der Waals surface area contributed by atoms with Crippen LogP contribution in [0.2, 0.25) is 5.02 Å². The zero-order valence-corrected chi connectivity index (χ0v) is 21.6. The van der Waals surface area contributed by atoms with E-state index in [2.05, 4.69) is 48.9 Å². The summed E-state index contributed by atoms with van der Waals surface area (Å²) in [6, 6.07) is 7.64. The molecule has 3 aromatic rings. The Labute approximate surface area is 216 Å². The molecular formula is C26H33ClN8O. The van der Waals surface area contributed by atoms with Crippen molar-refractivity contribution in [2.75, 3.05) is 44.8 Å².